The summed E-state index contributed by atoms with van der Waals surface area (Å²) in [6.45, 7) is 6.39. The average Bonchev–Trinajstić information content (AvgIpc) is 2.97. The summed E-state index contributed by atoms with van der Waals surface area (Å²) in [5.74, 6) is -2.09. The first-order chi connectivity index (χ1) is 20.9. The molecule has 236 valence electrons. The molecule has 0 saturated carbocycles. The third-order valence-electron chi connectivity index (χ3n) is 7.82. The van der Waals surface area contributed by atoms with Gasteiger partial charge in [0.1, 0.15) is 11.9 Å². The van der Waals surface area contributed by atoms with Crippen LogP contribution < -0.4 is 16.0 Å². The topological polar surface area (TPSA) is 141 Å². The molecule has 2 heterocycles. The van der Waals surface area contributed by atoms with Gasteiger partial charge >= 0.3 is 6.09 Å². The average molecular weight is 646 g/mol. The van der Waals surface area contributed by atoms with Crippen molar-refractivity contribution >= 4 is 39.3 Å². The molecule has 0 unspecified atom stereocenters. The third-order valence-corrected chi connectivity index (χ3v) is 10.1. The van der Waals surface area contributed by atoms with Crippen molar-refractivity contribution in [2.45, 2.75) is 62.6 Å². The molecule has 1 aliphatic heterocycles. The number of nitrogens with zero attached hydrogens (tertiary/aromatic N) is 2. The minimum Gasteiger partial charge on any atom is -0.465 e. The van der Waals surface area contributed by atoms with Gasteiger partial charge in [0, 0.05) is 41.7 Å². The van der Waals surface area contributed by atoms with Gasteiger partial charge in [-0.1, -0.05) is 55.8 Å². The monoisotopic (exact) mass is 645 g/mol. The second kappa shape index (κ2) is 14.5. The van der Waals surface area contributed by atoms with Gasteiger partial charge in [-0.3, -0.25) is 9.78 Å². The largest absolute Gasteiger partial charge is 0.465 e. The lowest BCUT2D eigenvalue weighted by atomic mass is 9.82. The molecule has 1 fully saturated rings. The molecule has 4 N–H and O–H groups in total. The number of pyridine rings is 1. The lowest BCUT2D eigenvalue weighted by molar-refractivity contribution is -0.118. The number of sulfonamides is 1. The summed E-state index contributed by atoms with van der Waals surface area (Å²) in [6, 6.07) is 12.9. The van der Waals surface area contributed by atoms with Crippen molar-refractivity contribution in [3.05, 3.63) is 89.0 Å². The normalized spacial score (nSPS) is 18.9. The van der Waals surface area contributed by atoms with Crippen LogP contribution in [0, 0.1) is 11.7 Å². The molecule has 0 bridgehead atoms. The van der Waals surface area contributed by atoms with Gasteiger partial charge in [0.25, 0.3) is 0 Å². The standard InChI is InChI=1S/C31H37ClFN5O5S/c1-19(2)28(21-9-11-22(32)12-10-21)29(37-31(40)41)30(39)36-27-18-35-17-26(33)25(27)14-13-23-16-34-15-20(3)38(23)44(42,43)24-7-5-4-6-8-24/h4-12,17-20,23,28-29,34,37H,13-16H2,1-3H3,(H,36,39)(H,40,41)/t20-,23-,28+,29-/m0/s1. The van der Waals surface area contributed by atoms with Gasteiger partial charge in [0.05, 0.1) is 23.0 Å². The third kappa shape index (κ3) is 7.73. The van der Waals surface area contributed by atoms with Gasteiger partial charge in [0.2, 0.25) is 15.9 Å². The maximum atomic E-state index is 15.2. The molecule has 10 nitrogen and oxygen atoms in total. The summed E-state index contributed by atoms with van der Waals surface area (Å²) in [4.78, 5) is 29.5. The lowest BCUT2D eigenvalue weighted by Crippen LogP contribution is -2.58. The van der Waals surface area contributed by atoms with Crippen LogP contribution >= 0.6 is 11.6 Å². The Hall–Kier alpha value is -3.58. The number of aromatic nitrogens is 1. The summed E-state index contributed by atoms with van der Waals surface area (Å²) in [6.07, 6.45) is 1.29. The Bertz CT molecular complexity index is 1560. The number of nitrogens with one attached hydrogen (secondary N) is 3. The maximum absolute atomic E-state index is 15.2. The molecule has 44 heavy (non-hydrogen) atoms. The fourth-order valence-corrected chi connectivity index (χ4v) is 7.81. The van der Waals surface area contributed by atoms with Crippen molar-refractivity contribution in [1.82, 2.24) is 19.9 Å². The number of hydrogen-bond donors (Lipinski definition) is 4. The highest BCUT2D eigenvalue weighted by Crippen LogP contribution is 2.31. The molecule has 4 rings (SSSR count). The maximum Gasteiger partial charge on any atom is 0.405 e. The first-order valence-corrected chi connectivity index (χ1v) is 16.2. The van der Waals surface area contributed by atoms with Crippen LogP contribution in [-0.4, -0.2) is 66.0 Å². The van der Waals surface area contributed by atoms with Crippen LogP contribution in [0.3, 0.4) is 0 Å². The number of carbonyl (C=O) groups is 2. The Labute approximate surface area is 262 Å². The first-order valence-electron chi connectivity index (χ1n) is 14.4. The summed E-state index contributed by atoms with van der Waals surface area (Å²) >= 11 is 6.05. The number of piperazine rings is 1. The molecule has 13 heteroatoms. The van der Waals surface area contributed by atoms with E-state index in [2.05, 4.69) is 20.9 Å². The smallest absolute Gasteiger partial charge is 0.405 e. The zero-order chi connectivity index (χ0) is 32.0. The number of rotatable bonds is 11. The van der Waals surface area contributed by atoms with E-state index in [1.165, 1.54) is 10.5 Å². The second-order valence-electron chi connectivity index (χ2n) is 11.2. The van der Waals surface area contributed by atoms with Crippen molar-refractivity contribution in [1.29, 1.82) is 0 Å². The van der Waals surface area contributed by atoms with Crippen molar-refractivity contribution < 1.29 is 27.5 Å². The van der Waals surface area contributed by atoms with Crippen LogP contribution in [-0.2, 0) is 21.2 Å². The second-order valence-corrected chi connectivity index (χ2v) is 13.5. The van der Waals surface area contributed by atoms with E-state index < -0.39 is 45.8 Å². The van der Waals surface area contributed by atoms with Gasteiger partial charge in [-0.2, -0.15) is 4.31 Å². The van der Waals surface area contributed by atoms with Crippen LogP contribution in [0.5, 0.6) is 0 Å². The van der Waals surface area contributed by atoms with Gasteiger partial charge in [0.15, 0.2) is 0 Å². The predicted octanol–water partition coefficient (Wildman–Crippen LogP) is 4.87. The van der Waals surface area contributed by atoms with Crippen LogP contribution in [0.25, 0.3) is 0 Å². The van der Waals surface area contributed by atoms with Crippen LogP contribution in [0.15, 0.2) is 71.9 Å². The van der Waals surface area contributed by atoms with Crippen molar-refractivity contribution in [2.75, 3.05) is 18.4 Å². The minimum atomic E-state index is -3.83. The lowest BCUT2D eigenvalue weighted by Gasteiger charge is -2.40. The van der Waals surface area contributed by atoms with Gasteiger partial charge in [-0.25, -0.2) is 17.6 Å². The molecular formula is C31H37ClFN5O5S. The van der Waals surface area contributed by atoms with Crippen LogP contribution in [0.2, 0.25) is 5.02 Å². The van der Waals surface area contributed by atoms with Crippen molar-refractivity contribution in [3.63, 3.8) is 0 Å². The molecular weight excluding hydrogens is 609 g/mol. The SMILES string of the molecule is CC(C)[C@H](c1ccc(Cl)cc1)[C@H](NC(=O)O)C(=O)Nc1cncc(F)c1CC[C@H]1CNC[C@H](C)N1S(=O)(=O)c1ccccc1. The summed E-state index contributed by atoms with van der Waals surface area (Å²) in [5.41, 5.74) is 0.930. The quantitative estimate of drug-likeness (QED) is 0.233. The molecule has 1 aliphatic rings. The van der Waals surface area contributed by atoms with E-state index >= 15 is 4.39 Å². The summed E-state index contributed by atoms with van der Waals surface area (Å²) in [5, 5.41) is 18.4. The molecule has 0 radical (unpaired) electrons. The van der Waals surface area contributed by atoms with Crippen LogP contribution in [0.4, 0.5) is 14.9 Å². The van der Waals surface area contributed by atoms with Crippen molar-refractivity contribution in [3.8, 4) is 0 Å². The Morgan fingerprint density at radius 3 is 2.43 bits per heavy atom. The van der Waals surface area contributed by atoms with Gasteiger partial charge in [-0.15, -0.1) is 0 Å². The molecule has 1 aromatic heterocycles. The van der Waals surface area contributed by atoms with E-state index in [0.29, 0.717) is 23.7 Å². The Balaban J connectivity index is 1.59. The number of hydrogen-bond acceptors (Lipinski definition) is 6. The Morgan fingerprint density at radius 2 is 1.80 bits per heavy atom. The summed E-state index contributed by atoms with van der Waals surface area (Å²) < 4.78 is 43.9. The Kier molecular flexibility index (Phi) is 11.0. The number of benzene rings is 2. The van der Waals surface area contributed by atoms with E-state index in [1.54, 1.807) is 54.6 Å². The van der Waals surface area contributed by atoms with E-state index in [0.717, 1.165) is 6.20 Å². The molecule has 1 saturated heterocycles. The highest BCUT2D eigenvalue weighted by atomic mass is 35.5. The Morgan fingerprint density at radius 1 is 1.11 bits per heavy atom. The number of halogens is 2. The number of anilines is 1. The van der Waals surface area contributed by atoms with E-state index in [-0.39, 0.29) is 40.9 Å². The molecule has 4 atom stereocenters. The zero-order valence-electron chi connectivity index (χ0n) is 24.7. The fraction of sp³-hybridized carbons (Fsp3) is 0.387. The van der Waals surface area contributed by atoms with Crippen LogP contribution in [0.1, 0.15) is 44.2 Å². The van der Waals surface area contributed by atoms with E-state index in [4.69, 9.17) is 11.6 Å². The van der Waals surface area contributed by atoms with E-state index in [1.807, 2.05) is 20.8 Å². The zero-order valence-corrected chi connectivity index (χ0v) is 26.3. The molecule has 3 aromatic rings. The van der Waals surface area contributed by atoms with E-state index in [9.17, 15) is 23.1 Å². The number of carboxylic acid groups (broad SMARTS) is 1. The molecule has 2 amide bonds. The fourth-order valence-electron chi connectivity index (χ4n) is 5.82. The highest BCUT2D eigenvalue weighted by molar-refractivity contribution is 7.89. The van der Waals surface area contributed by atoms with Gasteiger partial charge < -0.3 is 21.1 Å². The molecule has 2 aromatic carbocycles. The molecule has 0 spiro atoms. The number of amides is 2. The summed E-state index contributed by atoms with van der Waals surface area (Å²) in [7, 11) is -3.83. The molecule has 0 aliphatic carbocycles. The highest BCUT2D eigenvalue weighted by Gasteiger charge is 2.38. The minimum absolute atomic E-state index is 0.0834. The van der Waals surface area contributed by atoms with Gasteiger partial charge in [-0.05, 0) is 55.5 Å². The number of carbonyl (C=O) groups excluding carboxylic acids is 1. The predicted molar refractivity (Wildman–Crippen MR) is 167 cm³/mol. The first kappa shape index (κ1) is 33.3. The van der Waals surface area contributed by atoms with Crippen molar-refractivity contribution in [2.24, 2.45) is 5.92 Å².